The van der Waals surface area contributed by atoms with Gasteiger partial charge in [-0.05, 0) is 48.5 Å². The highest BCUT2D eigenvalue weighted by atomic mass is 79.9. The molecule has 4 rings (SSSR count). The monoisotopic (exact) mass is 442 g/mol. The molecule has 6 nitrogen and oxygen atoms in total. The quantitative estimate of drug-likeness (QED) is 0.392. The molecule has 0 aliphatic rings. The van der Waals surface area contributed by atoms with Gasteiger partial charge in [0.05, 0.1) is 12.9 Å². The summed E-state index contributed by atoms with van der Waals surface area (Å²) in [7, 11) is 1.63. The van der Waals surface area contributed by atoms with Crippen molar-refractivity contribution >= 4 is 27.7 Å². The number of aromatic nitrogens is 4. The molecule has 4 aromatic rings. The first-order valence-electron chi connectivity index (χ1n) is 8.12. The van der Waals surface area contributed by atoms with Gasteiger partial charge in [0.1, 0.15) is 5.75 Å². The molecule has 0 saturated heterocycles. The minimum Gasteiger partial charge on any atom is -0.497 e. The molecule has 0 bridgehead atoms. The minimum atomic E-state index is 0.490. The van der Waals surface area contributed by atoms with Gasteiger partial charge in [0, 0.05) is 28.1 Å². The number of hydrogen-bond donors (Lipinski definition) is 0. The molecule has 0 aliphatic heterocycles. The molecule has 2 heterocycles. The zero-order chi connectivity index (χ0) is 18.6. The van der Waals surface area contributed by atoms with Crippen molar-refractivity contribution in [3.63, 3.8) is 0 Å². The predicted molar refractivity (Wildman–Crippen MR) is 107 cm³/mol. The van der Waals surface area contributed by atoms with Crippen molar-refractivity contribution < 1.29 is 9.26 Å². The lowest BCUT2D eigenvalue weighted by Crippen LogP contribution is -1.95. The Labute approximate surface area is 168 Å². The Bertz CT molecular complexity index is 1030. The maximum Gasteiger partial charge on any atom is 0.257 e. The summed E-state index contributed by atoms with van der Waals surface area (Å²) in [5, 5.41) is 4.94. The molecule has 2 aromatic carbocycles. The summed E-state index contributed by atoms with van der Waals surface area (Å²) in [6, 6.07) is 15.6. The van der Waals surface area contributed by atoms with Crippen molar-refractivity contribution in [2.75, 3.05) is 7.11 Å². The Morgan fingerprint density at radius 3 is 2.63 bits per heavy atom. The van der Waals surface area contributed by atoms with Gasteiger partial charge in [0.2, 0.25) is 0 Å². The van der Waals surface area contributed by atoms with Crippen molar-refractivity contribution in [2.24, 2.45) is 0 Å². The van der Waals surface area contributed by atoms with E-state index in [1.54, 1.807) is 25.1 Å². The molecule has 0 spiro atoms. The topological polar surface area (TPSA) is 66.0 Å². The molecular formula is C19H15BrN4O2S. The summed E-state index contributed by atoms with van der Waals surface area (Å²) in [6.45, 7) is 0. The summed E-state index contributed by atoms with van der Waals surface area (Å²) < 4.78 is 13.6. The van der Waals surface area contributed by atoms with E-state index in [0.29, 0.717) is 17.5 Å². The third-order valence-electron chi connectivity index (χ3n) is 3.85. The van der Waals surface area contributed by atoms with E-state index in [2.05, 4.69) is 31.1 Å². The number of halogens is 1. The molecule has 27 heavy (non-hydrogen) atoms. The van der Waals surface area contributed by atoms with Gasteiger partial charge >= 0.3 is 0 Å². The maximum atomic E-state index is 5.37. The van der Waals surface area contributed by atoms with Crippen LogP contribution in [0.4, 0.5) is 0 Å². The van der Waals surface area contributed by atoms with Gasteiger partial charge in [-0.2, -0.15) is 4.98 Å². The lowest BCUT2D eigenvalue weighted by molar-refractivity contribution is 0.414. The Kier molecular flexibility index (Phi) is 5.26. The van der Waals surface area contributed by atoms with Crippen LogP contribution in [0.15, 0.2) is 75.1 Å². The molecule has 0 N–H and O–H groups in total. The fourth-order valence-corrected chi connectivity index (χ4v) is 3.57. The normalized spacial score (nSPS) is 10.9. The summed E-state index contributed by atoms with van der Waals surface area (Å²) in [5.74, 6) is 2.46. The summed E-state index contributed by atoms with van der Waals surface area (Å²) in [6.07, 6.45) is 3.72. The van der Waals surface area contributed by atoms with Crippen LogP contribution in [-0.4, -0.2) is 26.8 Å². The Balaban J connectivity index is 1.46. The molecule has 0 aliphatic carbocycles. The second kappa shape index (κ2) is 7.98. The first kappa shape index (κ1) is 17.8. The van der Waals surface area contributed by atoms with E-state index in [1.807, 2.05) is 59.3 Å². The molecule has 0 atom stereocenters. The number of hydrogen-bond acceptors (Lipinski definition) is 6. The number of benzene rings is 2. The number of ether oxygens (including phenoxy) is 1. The molecule has 2 aromatic heterocycles. The Morgan fingerprint density at radius 2 is 1.89 bits per heavy atom. The first-order valence-corrected chi connectivity index (χ1v) is 9.90. The number of rotatable bonds is 6. The van der Waals surface area contributed by atoms with Gasteiger partial charge in [-0.15, -0.1) is 0 Å². The molecule has 0 amide bonds. The van der Waals surface area contributed by atoms with Crippen molar-refractivity contribution in [1.82, 2.24) is 19.7 Å². The molecule has 8 heteroatoms. The van der Waals surface area contributed by atoms with Crippen LogP contribution in [0.5, 0.6) is 5.75 Å². The van der Waals surface area contributed by atoms with E-state index in [0.717, 1.165) is 26.6 Å². The molecule has 0 radical (unpaired) electrons. The fraction of sp³-hybridized carbons (Fsp3) is 0.105. The van der Waals surface area contributed by atoms with Gasteiger partial charge in [-0.1, -0.05) is 32.8 Å². The molecule has 136 valence electrons. The van der Waals surface area contributed by atoms with Crippen molar-refractivity contribution in [3.8, 4) is 22.9 Å². The van der Waals surface area contributed by atoms with Gasteiger partial charge in [0.25, 0.3) is 5.89 Å². The minimum absolute atomic E-state index is 0.490. The SMILES string of the molecule is COc1ccc(-c2nc(CSc3nccn3-c3ccc(Br)cc3)no2)cc1. The van der Waals surface area contributed by atoms with Gasteiger partial charge in [-0.3, -0.25) is 4.57 Å². The van der Waals surface area contributed by atoms with Crippen molar-refractivity contribution in [1.29, 1.82) is 0 Å². The molecule has 0 unspecified atom stereocenters. The third-order valence-corrected chi connectivity index (χ3v) is 5.34. The number of methoxy groups -OCH3 is 1. The van der Waals surface area contributed by atoms with Crippen molar-refractivity contribution in [3.05, 3.63) is 71.2 Å². The number of imidazole rings is 1. The molecular weight excluding hydrogens is 428 g/mol. The summed E-state index contributed by atoms with van der Waals surface area (Å²) >= 11 is 5.01. The molecule has 0 saturated carbocycles. The van der Waals surface area contributed by atoms with Crippen LogP contribution in [0, 0.1) is 0 Å². The van der Waals surface area contributed by atoms with Crippen LogP contribution in [0.1, 0.15) is 5.82 Å². The second-order valence-electron chi connectivity index (χ2n) is 5.59. The van der Waals surface area contributed by atoms with Gasteiger partial charge in [0.15, 0.2) is 11.0 Å². The highest BCUT2D eigenvalue weighted by Gasteiger charge is 2.12. The Morgan fingerprint density at radius 1 is 1.11 bits per heavy atom. The van der Waals surface area contributed by atoms with E-state index >= 15 is 0 Å². The second-order valence-corrected chi connectivity index (χ2v) is 7.45. The summed E-state index contributed by atoms with van der Waals surface area (Å²) in [5.41, 5.74) is 1.90. The van der Waals surface area contributed by atoms with E-state index < -0.39 is 0 Å². The van der Waals surface area contributed by atoms with E-state index in [9.17, 15) is 0 Å². The van der Waals surface area contributed by atoms with E-state index in [1.165, 1.54) is 0 Å². The largest absolute Gasteiger partial charge is 0.497 e. The van der Waals surface area contributed by atoms with Crippen LogP contribution < -0.4 is 4.74 Å². The van der Waals surface area contributed by atoms with Crippen LogP contribution in [0.25, 0.3) is 17.1 Å². The molecule has 0 fully saturated rings. The highest BCUT2D eigenvalue weighted by Crippen LogP contribution is 2.26. The lowest BCUT2D eigenvalue weighted by atomic mass is 10.2. The average molecular weight is 443 g/mol. The zero-order valence-electron chi connectivity index (χ0n) is 14.4. The first-order chi connectivity index (χ1) is 13.2. The average Bonchev–Trinajstić information content (AvgIpc) is 3.36. The zero-order valence-corrected chi connectivity index (χ0v) is 16.8. The standard InChI is InChI=1S/C19H15BrN4O2S/c1-25-16-8-2-13(3-9-16)18-22-17(23-26-18)12-27-19-21-10-11-24(19)15-6-4-14(20)5-7-15/h2-11H,12H2,1H3. The van der Waals surface area contributed by atoms with Gasteiger partial charge < -0.3 is 9.26 Å². The third kappa shape index (κ3) is 4.06. The fourth-order valence-electron chi connectivity index (χ4n) is 2.49. The highest BCUT2D eigenvalue weighted by molar-refractivity contribution is 9.10. The lowest BCUT2D eigenvalue weighted by Gasteiger charge is -2.06. The predicted octanol–water partition coefficient (Wildman–Crippen LogP) is 4.99. The van der Waals surface area contributed by atoms with Crippen LogP contribution in [0.3, 0.4) is 0 Å². The van der Waals surface area contributed by atoms with Gasteiger partial charge in [-0.25, -0.2) is 4.98 Å². The van der Waals surface area contributed by atoms with Crippen LogP contribution >= 0.6 is 27.7 Å². The van der Waals surface area contributed by atoms with Crippen molar-refractivity contribution in [2.45, 2.75) is 10.9 Å². The number of nitrogens with zero attached hydrogens (tertiary/aromatic N) is 4. The van der Waals surface area contributed by atoms with E-state index in [-0.39, 0.29) is 0 Å². The smallest absolute Gasteiger partial charge is 0.257 e. The van der Waals surface area contributed by atoms with E-state index in [4.69, 9.17) is 9.26 Å². The summed E-state index contributed by atoms with van der Waals surface area (Å²) in [4.78, 5) is 8.90. The number of thioether (sulfide) groups is 1. The van der Waals surface area contributed by atoms with Crippen LogP contribution in [-0.2, 0) is 5.75 Å². The van der Waals surface area contributed by atoms with Crippen LogP contribution in [0.2, 0.25) is 0 Å². The Hall–Kier alpha value is -2.58. The maximum absolute atomic E-state index is 5.37.